The Labute approximate surface area is 145 Å². The molecule has 1 N–H and O–H groups in total. The van der Waals surface area contributed by atoms with Crippen molar-refractivity contribution in [1.82, 2.24) is 10.2 Å². The maximum Gasteiger partial charge on any atom is 0.338 e. The summed E-state index contributed by atoms with van der Waals surface area (Å²) in [5, 5.41) is 3.57. The molecular weight excluding hydrogens is 336 g/mol. The molecule has 1 aliphatic rings. The van der Waals surface area contributed by atoms with Crippen LogP contribution in [0, 0.1) is 0 Å². The van der Waals surface area contributed by atoms with Gasteiger partial charge in [0.25, 0.3) is 0 Å². The number of amides is 1. The summed E-state index contributed by atoms with van der Waals surface area (Å²) in [6, 6.07) is 6.34. The van der Waals surface area contributed by atoms with Crippen LogP contribution in [0.5, 0.6) is 0 Å². The summed E-state index contributed by atoms with van der Waals surface area (Å²) >= 11 is 11.6. The third-order valence-electron chi connectivity index (χ3n) is 3.48. The number of rotatable bonds is 3. The molecule has 0 saturated carbocycles. The number of thiocarbonyl (C=S) groups is 1. The van der Waals surface area contributed by atoms with Gasteiger partial charge >= 0.3 is 5.97 Å². The van der Waals surface area contributed by atoms with Crippen LogP contribution >= 0.6 is 23.8 Å². The Morgan fingerprint density at radius 1 is 1.39 bits per heavy atom. The van der Waals surface area contributed by atoms with Crippen LogP contribution in [-0.2, 0) is 14.3 Å². The second kappa shape index (κ2) is 7.10. The number of esters is 1. The molecule has 0 aromatic heterocycles. The number of nitrogens with zero attached hydrogens (tertiary/aromatic N) is 1. The quantitative estimate of drug-likeness (QED) is 0.669. The molecule has 0 fully saturated rings. The lowest BCUT2D eigenvalue weighted by Gasteiger charge is -2.38. The number of halogens is 1. The Morgan fingerprint density at radius 3 is 2.61 bits per heavy atom. The van der Waals surface area contributed by atoms with Gasteiger partial charge in [0, 0.05) is 17.6 Å². The molecule has 0 bridgehead atoms. The monoisotopic (exact) mass is 352 g/mol. The summed E-state index contributed by atoms with van der Waals surface area (Å²) in [5.41, 5.74) is 1.50. The van der Waals surface area contributed by atoms with E-state index in [0.717, 1.165) is 0 Å². The molecule has 1 heterocycles. The number of hydrogen-bond donors (Lipinski definition) is 1. The van der Waals surface area contributed by atoms with Crippen molar-refractivity contribution in [2.24, 2.45) is 0 Å². The molecule has 1 aromatic carbocycles. The SMILES string of the molecule is CCOC(=O)C1=C(C)NC(=S)N(C(C)=O)C1c1ccccc1Cl. The van der Waals surface area contributed by atoms with Crippen LogP contribution in [0.1, 0.15) is 32.4 Å². The fourth-order valence-electron chi connectivity index (χ4n) is 2.53. The molecule has 0 spiro atoms. The van der Waals surface area contributed by atoms with Crippen molar-refractivity contribution in [2.75, 3.05) is 6.61 Å². The fourth-order valence-corrected chi connectivity index (χ4v) is 3.16. The van der Waals surface area contributed by atoms with Crippen molar-refractivity contribution in [2.45, 2.75) is 26.8 Å². The van der Waals surface area contributed by atoms with E-state index in [1.165, 1.54) is 11.8 Å². The van der Waals surface area contributed by atoms with Gasteiger partial charge in [-0.15, -0.1) is 0 Å². The highest BCUT2D eigenvalue weighted by atomic mass is 35.5. The second-order valence-corrected chi connectivity index (χ2v) is 5.80. The van der Waals surface area contributed by atoms with Gasteiger partial charge in [-0.2, -0.15) is 0 Å². The van der Waals surface area contributed by atoms with Crippen molar-refractivity contribution in [1.29, 1.82) is 0 Å². The molecule has 1 aromatic rings. The molecule has 7 heteroatoms. The van der Waals surface area contributed by atoms with Crippen molar-refractivity contribution in [3.05, 3.63) is 46.1 Å². The largest absolute Gasteiger partial charge is 0.463 e. The Bertz CT molecular complexity index is 702. The van der Waals surface area contributed by atoms with Crippen molar-refractivity contribution < 1.29 is 14.3 Å². The van der Waals surface area contributed by atoms with Gasteiger partial charge in [-0.1, -0.05) is 29.8 Å². The lowest BCUT2D eigenvalue weighted by Crippen LogP contribution is -2.50. The van der Waals surface area contributed by atoms with E-state index in [1.54, 1.807) is 38.1 Å². The van der Waals surface area contributed by atoms with E-state index in [0.29, 0.717) is 21.9 Å². The third-order valence-corrected chi connectivity index (χ3v) is 4.13. The molecule has 5 nitrogen and oxygen atoms in total. The number of benzene rings is 1. The molecule has 2 rings (SSSR count). The molecule has 1 atom stereocenters. The highest BCUT2D eigenvalue weighted by Gasteiger charge is 2.39. The van der Waals surface area contributed by atoms with Crippen LogP contribution in [0.25, 0.3) is 0 Å². The van der Waals surface area contributed by atoms with Crippen LogP contribution in [0.2, 0.25) is 5.02 Å². The van der Waals surface area contributed by atoms with E-state index in [2.05, 4.69) is 5.32 Å². The van der Waals surface area contributed by atoms with Crippen LogP contribution < -0.4 is 5.32 Å². The Morgan fingerprint density at radius 2 is 2.04 bits per heavy atom. The van der Waals surface area contributed by atoms with Crippen molar-refractivity contribution >= 4 is 40.8 Å². The topological polar surface area (TPSA) is 58.6 Å². The lowest BCUT2D eigenvalue weighted by atomic mass is 9.94. The van der Waals surface area contributed by atoms with Crippen LogP contribution in [-0.4, -0.2) is 28.5 Å². The van der Waals surface area contributed by atoms with Gasteiger partial charge in [-0.05, 0) is 37.7 Å². The molecule has 0 saturated heterocycles. The Hall–Kier alpha value is -1.92. The van der Waals surface area contributed by atoms with Gasteiger partial charge in [0.15, 0.2) is 5.11 Å². The summed E-state index contributed by atoms with van der Waals surface area (Å²) in [6.07, 6.45) is 0. The number of nitrogens with one attached hydrogen (secondary N) is 1. The average molecular weight is 353 g/mol. The summed E-state index contributed by atoms with van der Waals surface area (Å²) in [5.74, 6) is -0.794. The van der Waals surface area contributed by atoms with Crippen LogP contribution in [0.3, 0.4) is 0 Å². The van der Waals surface area contributed by atoms with Gasteiger partial charge in [0.2, 0.25) is 5.91 Å². The number of hydrogen-bond acceptors (Lipinski definition) is 4. The Kier molecular flexibility index (Phi) is 5.38. The minimum Gasteiger partial charge on any atom is -0.463 e. The molecule has 1 aliphatic heterocycles. The van der Waals surface area contributed by atoms with Gasteiger partial charge in [0.1, 0.15) is 0 Å². The number of ether oxygens (including phenoxy) is 1. The van der Waals surface area contributed by atoms with Crippen LogP contribution in [0.15, 0.2) is 35.5 Å². The smallest absolute Gasteiger partial charge is 0.338 e. The lowest BCUT2D eigenvalue weighted by molar-refractivity contribution is -0.139. The number of allylic oxidation sites excluding steroid dienone is 1. The minimum atomic E-state index is -0.714. The fraction of sp³-hybridized carbons (Fsp3) is 0.312. The molecule has 0 aliphatic carbocycles. The zero-order valence-corrected chi connectivity index (χ0v) is 14.6. The third kappa shape index (κ3) is 3.38. The maximum atomic E-state index is 12.4. The van der Waals surface area contributed by atoms with E-state index in [4.69, 9.17) is 28.6 Å². The highest BCUT2D eigenvalue weighted by molar-refractivity contribution is 7.80. The molecular formula is C16H17ClN2O3S. The second-order valence-electron chi connectivity index (χ2n) is 5.00. The van der Waals surface area contributed by atoms with Gasteiger partial charge in [-0.25, -0.2) is 4.79 Å². The molecule has 1 unspecified atom stereocenters. The first-order valence-corrected chi connectivity index (χ1v) is 7.90. The molecule has 23 heavy (non-hydrogen) atoms. The first-order valence-electron chi connectivity index (χ1n) is 7.11. The summed E-state index contributed by atoms with van der Waals surface area (Å²) < 4.78 is 5.15. The first kappa shape index (κ1) is 17.4. The highest BCUT2D eigenvalue weighted by Crippen LogP contribution is 2.37. The summed E-state index contributed by atoms with van der Waals surface area (Å²) in [6.45, 7) is 5.07. The van der Waals surface area contributed by atoms with Crippen molar-refractivity contribution in [3.63, 3.8) is 0 Å². The van der Waals surface area contributed by atoms with E-state index < -0.39 is 12.0 Å². The van der Waals surface area contributed by atoms with Crippen molar-refractivity contribution in [3.8, 4) is 0 Å². The normalized spacial score (nSPS) is 17.8. The zero-order chi connectivity index (χ0) is 17.1. The van der Waals surface area contributed by atoms with Gasteiger partial charge in [0.05, 0.1) is 18.2 Å². The van der Waals surface area contributed by atoms with E-state index in [9.17, 15) is 9.59 Å². The predicted molar refractivity (Wildman–Crippen MR) is 91.8 cm³/mol. The Balaban J connectivity index is 2.67. The molecule has 1 amide bonds. The molecule has 0 radical (unpaired) electrons. The van der Waals surface area contributed by atoms with Gasteiger partial charge < -0.3 is 10.1 Å². The average Bonchev–Trinajstić information content (AvgIpc) is 2.46. The maximum absolute atomic E-state index is 12.4. The van der Waals surface area contributed by atoms with E-state index >= 15 is 0 Å². The summed E-state index contributed by atoms with van der Waals surface area (Å²) in [7, 11) is 0. The predicted octanol–water partition coefficient (Wildman–Crippen LogP) is 2.95. The minimum absolute atomic E-state index is 0.230. The van der Waals surface area contributed by atoms with E-state index in [-0.39, 0.29) is 17.6 Å². The standard InChI is InChI=1S/C16H17ClN2O3S/c1-4-22-15(21)13-9(2)18-16(23)19(10(3)20)14(13)11-7-5-6-8-12(11)17/h5-8,14H,4H2,1-3H3,(H,18,23). The number of carbonyl (C=O) groups excluding carboxylic acids is 2. The number of carbonyl (C=O) groups is 2. The van der Waals surface area contributed by atoms with Gasteiger partial charge in [-0.3, -0.25) is 9.69 Å². The molecule has 122 valence electrons. The van der Waals surface area contributed by atoms with Crippen LogP contribution in [0.4, 0.5) is 0 Å². The first-order chi connectivity index (χ1) is 10.9. The van der Waals surface area contributed by atoms with E-state index in [1.807, 2.05) is 0 Å². The summed E-state index contributed by atoms with van der Waals surface area (Å²) in [4.78, 5) is 25.9. The zero-order valence-electron chi connectivity index (χ0n) is 13.1.